The van der Waals surface area contributed by atoms with Gasteiger partial charge in [0.15, 0.2) is 5.82 Å². The summed E-state index contributed by atoms with van der Waals surface area (Å²) in [5.74, 6) is 0.131. The Morgan fingerprint density at radius 1 is 1.28 bits per heavy atom. The van der Waals surface area contributed by atoms with Crippen LogP contribution < -0.4 is 5.32 Å². The van der Waals surface area contributed by atoms with Crippen molar-refractivity contribution in [2.24, 2.45) is 4.99 Å². The van der Waals surface area contributed by atoms with Gasteiger partial charge in [-0.2, -0.15) is 0 Å². The van der Waals surface area contributed by atoms with Crippen molar-refractivity contribution in [3.05, 3.63) is 89.3 Å². The van der Waals surface area contributed by atoms with Crippen molar-refractivity contribution in [1.29, 1.82) is 0 Å². The molecule has 1 aromatic heterocycles. The Kier molecular flexibility index (Phi) is 7.98. The number of nitrogens with one attached hydrogen (secondary N) is 1. The van der Waals surface area contributed by atoms with Gasteiger partial charge in [-0.3, -0.25) is 4.99 Å². The number of allylic oxidation sites excluding steroid dienone is 4. The van der Waals surface area contributed by atoms with Gasteiger partial charge in [-0.1, -0.05) is 43.0 Å². The number of benzene rings is 1. The number of anilines is 1. The first-order valence-electron chi connectivity index (χ1n) is 8.74. The first kappa shape index (κ1) is 22.2. The summed E-state index contributed by atoms with van der Waals surface area (Å²) >= 11 is 5.89. The van der Waals surface area contributed by atoms with E-state index in [1.165, 1.54) is 18.2 Å². The Morgan fingerprint density at radius 2 is 2.03 bits per heavy atom. The molecule has 0 aliphatic rings. The fourth-order valence-electron chi connectivity index (χ4n) is 2.52. The normalized spacial score (nSPS) is 12.3. The molecule has 0 aliphatic carbocycles. The van der Waals surface area contributed by atoms with Crippen LogP contribution in [0.4, 0.5) is 14.6 Å². The highest BCUT2D eigenvalue weighted by molar-refractivity contribution is 6.31. The van der Waals surface area contributed by atoms with Crippen LogP contribution in [0.5, 0.6) is 0 Å². The molecular weight excluding hydrogens is 394 g/mol. The second kappa shape index (κ2) is 10.4. The summed E-state index contributed by atoms with van der Waals surface area (Å²) in [5.41, 5.74) is 2.27. The standard InChI is InChI=1S/C22H21ClF2N4/c1-5-10-27-19(7-3)22-28-20(13-24)16(21(26-4)29-22)11-14(6-2)15-8-9-18(25)17(23)12-15/h5-12H,2-3,13H2,1,4H3,(H,26,28,29)/b10-5-,14-11+,27-19?. The molecule has 2 rings (SSSR count). The van der Waals surface area contributed by atoms with Gasteiger partial charge in [-0.15, -0.1) is 0 Å². The molecule has 0 aliphatic heterocycles. The predicted molar refractivity (Wildman–Crippen MR) is 117 cm³/mol. The molecule has 0 atom stereocenters. The Morgan fingerprint density at radius 3 is 2.59 bits per heavy atom. The highest BCUT2D eigenvalue weighted by Gasteiger charge is 2.15. The van der Waals surface area contributed by atoms with Gasteiger partial charge in [0.2, 0.25) is 0 Å². The Hall–Kier alpha value is -3.12. The van der Waals surface area contributed by atoms with Gasteiger partial charge in [0.1, 0.15) is 24.0 Å². The number of halogens is 3. The smallest absolute Gasteiger partial charge is 0.180 e. The van der Waals surface area contributed by atoms with Crippen LogP contribution in [0.25, 0.3) is 11.6 Å². The van der Waals surface area contributed by atoms with Crippen LogP contribution >= 0.6 is 11.6 Å². The number of rotatable bonds is 8. The van der Waals surface area contributed by atoms with Gasteiger partial charge in [0, 0.05) is 18.8 Å². The van der Waals surface area contributed by atoms with Crippen molar-refractivity contribution in [3.8, 4) is 0 Å². The van der Waals surface area contributed by atoms with E-state index in [2.05, 4.69) is 33.4 Å². The topological polar surface area (TPSA) is 50.2 Å². The van der Waals surface area contributed by atoms with E-state index in [0.717, 1.165) is 0 Å². The van der Waals surface area contributed by atoms with Gasteiger partial charge >= 0.3 is 0 Å². The predicted octanol–water partition coefficient (Wildman–Crippen LogP) is 6.02. The van der Waals surface area contributed by atoms with Gasteiger partial charge in [0.05, 0.1) is 10.7 Å². The lowest BCUT2D eigenvalue weighted by Gasteiger charge is -2.12. The van der Waals surface area contributed by atoms with E-state index in [-0.39, 0.29) is 16.5 Å². The molecule has 1 N–H and O–H groups in total. The zero-order valence-corrected chi connectivity index (χ0v) is 17.0. The molecule has 0 spiro atoms. The average molecular weight is 415 g/mol. The van der Waals surface area contributed by atoms with E-state index >= 15 is 0 Å². The monoisotopic (exact) mass is 414 g/mol. The molecule has 0 radical (unpaired) electrons. The van der Waals surface area contributed by atoms with Crippen molar-refractivity contribution >= 4 is 34.8 Å². The zero-order valence-electron chi connectivity index (χ0n) is 16.2. The van der Waals surface area contributed by atoms with Crippen molar-refractivity contribution < 1.29 is 8.78 Å². The van der Waals surface area contributed by atoms with Crippen molar-refractivity contribution in [2.75, 3.05) is 12.4 Å². The first-order valence-corrected chi connectivity index (χ1v) is 9.12. The molecule has 2 aromatic rings. The largest absolute Gasteiger partial charge is 0.373 e. The molecule has 1 heterocycles. The lowest BCUT2D eigenvalue weighted by atomic mass is 10.0. The lowest BCUT2D eigenvalue weighted by molar-refractivity contribution is 0.474. The SMILES string of the molecule is C=CC(=N/C=C\C)c1nc(CF)c(/C=C(\C=C)c2ccc(F)c(Cl)c2)c(NC)n1. The van der Waals surface area contributed by atoms with E-state index in [4.69, 9.17) is 11.6 Å². The second-order valence-corrected chi connectivity index (χ2v) is 6.18. The minimum Gasteiger partial charge on any atom is -0.373 e. The maximum Gasteiger partial charge on any atom is 0.180 e. The van der Waals surface area contributed by atoms with E-state index in [0.29, 0.717) is 28.2 Å². The number of nitrogens with zero attached hydrogens (tertiary/aromatic N) is 3. The first-order chi connectivity index (χ1) is 14.0. The minimum atomic E-state index is -0.821. The molecule has 0 unspecified atom stereocenters. The molecular formula is C22H21ClF2N4. The molecule has 29 heavy (non-hydrogen) atoms. The molecule has 7 heteroatoms. The van der Waals surface area contributed by atoms with Crippen molar-refractivity contribution in [2.45, 2.75) is 13.6 Å². The van der Waals surface area contributed by atoms with E-state index in [9.17, 15) is 8.78 Å². The minimum absolute atomic E-state index is 0.0165. The molecule has 0 saturated heterocycles. The van der Waals surface area contributed by atoms with Crippen molar-refractivity contribution in [1.82, 2.24) is 9.97 Å². The third-order valence-corrected chi connectivity index (χ3v) is 4.24. The fraction of sp³-hybridized carbons (Fsp3) is 0.136. The number of hydrogen-bond donors (Lipinski definition) is 1. The van der Waals surface area contributed by atoms with Crippen LogP contribution in [0.2, 0.25) is 5.02 Å². The summed E-state index contributed by atoms with van der Waals surface area (Å²) in [6.45, 7) is 8.50. The van der Waals surface area contributed by atoms with Gasteiger partial charge in [-0.25, -0.2) is 18.7 Å². The molecule has 4 nitrogen and oxygen atoms in total. The Labute approximate surface area is 174 Å². The lowest BCUT2D eigenvalue weighted by Crippen LogP contribution is -2.11. The van der Waals surface area contributed by atoms with Crippen LogP contribution in [0.1, 0.15) is 29.6 Å². The molecule has 0 saturated carbocycles. The summed E-state index contributed by atoms with van der Waals surface area (Å²) in [6.07, 6.45) is 8.08. The van der Waals surface area contributed by atoms with E-state index in [1.54, 1.807) is 37.5 Å². The third-order valence-electron chi connectivity index (χ3n) is 3.95. The number of aliphatic imine (C=N–C) groups is 1. The highest BCUT2D eigenvalue weighted by atomic mass is 35.5. The van der Waals surface area contributed by atoms with Crippen LogP contribution in [-0.4, -0.2) is 22.7 Å². The van der Waals surface area contributed by atoms with E-state index < -0.39 is 12.5 Å². The number of aromatic nitrogens is 2. The maximum absolute atomic E-state index is 13.9. The van der Waals surface area contributed by atoms with Crippen LogP contribution in [0.15, 0.2) is 60.8 Å². The molecule has 1 aromatic carbocycles. The Bertz CT molecular complexity index is 985. The maximum atomic E-state index is 13.9. The van der Waals surface area contributed by atoms with Crippen molar-refractivity contribution in [3.63, 3.8) is 0 Å². The molecule has 0 bridgehead atoms. The number of alkyl halides is 1. The summed E-state index contributed by atoms with van der Waals surface area (Å²) < 4.78 is 27.3. The molecule has 0 fully saturated rings. The average Bonchev–Trinajstić information content (AvgIpc) is 2.74. The van der Waals surface area contributed by atoms with Crippen LogP contribution in [0.3, 0.4) is 0 Å². The fourth-order valence-corrected chi connectivity index (χ4v) is 2.70. The molecule has 0 amide bonds. The summed E-state index contributed by atoms with van der Waals surface area (Å²) in [5, 5.41) is 2.94. The molecule has 150 valence electrons. The highest BCUT2D eigenvalue weighted by Crippen LogP contribution is 2.28. The van der Waals surface area contributed by atoms with E-state index in [1.807, 2.05) is 6.92 Å². The van der Waals surface area contributed by atoms with Crippen LogP contribution in [0, 0.1) is 5.82 Å². The zero-order chi connectivity index (χ0) is 21.4. The summed E-state index contributed by atoms with van der Waals surface area (Å²) in [4.78, 5) is 13.0. The summed E-state index contributed by atoms with van der Waals surface area (Å²) in [6, 6.07) is 4.31. The van der Waals surface area contributed by atoms with Gasteiger partial charge in [0.25, 0.3) is 0 Å². The van der Waals surface area contributed by atoms with Gasteiger partial charge < -0.3 is 5.32 Å². The second-order valence-electron chi connectivity index (χ2n) is 5.77. The quantitative estimate of drug-likeness (QED) is 0.424. The van der Waals surface area contributed by atoms with Crippen LogP contribution in [-0.2, 0) is 6.67 Å². The summed E-state index contributed by atoms with van der Waals surface area (Å²) in [7, 11) is 1.67. The Balaban J connectivity index is 2.67. The third kappa shape index (κ3) is 5.23. The number of hydrogen-bond acceptors (Lipinski definition) is 4. The van der Waals surface area contributed by atoms with Gasteiger partial charge in [-0.05, 0) is 42.3 Å².